The monoisotopic (exact) mass is 364 g/mol. The average molecular weight is 364 g/mol. The minimum atomic E-state index is -0.714. The maximum absolute atomic E-state index is 11.1. The molecule has 2 saturated heterocycles. The van der Waals surface area contributed by atoms with Crippen LogP contribution in [0.4, 0.5) is 0 Å². The predicted octanol–water partition coefficient (Wildman–Crippen LogP) is 3.32. The third kappa shape index (κ3) is 2.59. The molecular formula is C21H32O5. The number of aliphatic hydroxyl groups is 1. The van der Waals surface area contributed by atoms with Crippen molar-refractivity contribution in [3.05, 3.63) is 23.5 Å². The van der Waals surface area contributed by atoms with E-state index in [0.29, 0.717) is 12.5 Å². The minimum Gasteiger partial charge on any atom is -0.498 e. The first-order valence-electron chi connectivity index (χ1n) is 9.74. The molecule has 0 aromatic heterocycles. The van der Waals surface area contributed by atoms with Crippen LogP contribution in [0.1, 0.15) is 53.4 Å². The molecule has 5 rings (SSSR count). The lowest BCUT2D eigenvalue weighted by Gasteiger charge is -2.49. The SMILES string of the molecule is C=C(C)C1CCC(C)(O)C1CC1=C(OC)C2CC3OC(C)(C)OC13CO2. The largest absolute Gasteiger partial charge is 0.498 e. The van der Waals surface area contributed by atoms with E-state index in [9.17, 15) is 5.11 Å². The van der Waals surface area contributed by atoms with Gasteiger partial charge in [-0.05, 0) is 58.8 Å². The van der Waals surface area contributed by atoms with Gasteiger partial charge in [-0.2, -0.15) is 0 Å². The molecule has 146 valence electrons. The summed E-state index contributed by atoms with van der Waals surface area (Å²) in [5, 5.41) is 11.1. The van der Waals surface area contributed by atoms with Gasteiger partial charge in [-0.3, -0.25) is 0 Å². The summed E-state index contributed by atoms with van der Waals surface area (Å²) in [7, 11) is 1.70. The van der Waals surface area contributed by atoms with Crippen LogP contribution in [-0.2, 0) is 18.9 Å². The van der Waals surface area contributed by atoms with Crippen LogP contribution >= 0.6 is 0 Å². The second-order valence-electron chi connectivity index (χ2n) is 9.24. The maximum Gasteiger partial charge on any atom is 0.164 e. The second-order valence-corrected chi connectivity index (χ2v) is 9.24. The van der Waals surface area contributed by atoms with Gasteiger partial charge in [-0.1, -0.05) is 12.2 Å². The lowest BCUT2D eigenvalue weighted by atomic mass is 9.70. The number of hydrogen-bond acceptors (Lipinski definition) is 5. The molecule has 3 fully saturated rings. The summed E-state index contributed by atoms with van der Waals surface area (Å²) < 4.78 is 24.5. The third-order valence-corrected chi connectivity index (χ3v) is 6.92. The zero-order valence-electron chi connectivity index (χ0n) is 16.6. The second kappa shape index (κ2) is 5.81. The smallest absolute Gasteiger partial charge is 0.164 e. The average Bonchev–Trinajstić information content (AvgIpc) is 2.99. The molecule has 1 saturated carbocycles. The van der Waals surface area contributed by atoms with Crippen molar-refractivity contribution in [1.82, 2.24) is 0 Å². The number of fused-ring (bicyclic) bond motifs is 1. The fraction of sp³-hybridized carbons (Fsp3) is 0.810. The normalized spacial score (nSPS) is 46.5. The molecule has 2 bridgehead atoms. The van der Waals surface area contributed by atoms with Crippen LogP contribution in [0.25, 0.3) is 0 Å². The Labute approximate surface area is 156 Å². The van der Waals surface area contributed by atoms with Gasteiger partial charge in [0.1, 0.15) is 17.5 Å². The van der Waals surface area contributed by atoms with Crippen LogP contribution in [0.2, 0.25) is 0 Å². The Morgan fingerprint density at radius 3 is 2.73 bits per heavy atom. The summed E-state index contributed by atoms with van der Waals surface area (Å²) in [6.07, 6.45) is 3.13. The first kappa shape index (κ1) is 18.5. The van der Waals surface area contributed by atoms with Gasteiger partial charge >= 0.3 is 0 Å². The minimum absolute atomic E-state index is 0.0280. The van der Waals surface area contributed by atoms with Gasteiger partial charge in [-0.25, -0.2) is 0 Å². The standard InChI is InChI=1S/C21H32O5/c1-12(2)13-7-8-20(5,22)14(13)9-15-18(23-6)16-10-17-21(15,11-24-16)26-19(3,4)25-17/h13-14,16-17,22H,1,7-11H2,2-6H3. The Morgan fingerprint density at radius 1 is 1.35 bits per heavy atom. The van der Waals surface area contributed by atoms with Crippen LogP contribution in [0.3, 0.4) is 0 Å². The van der Waals surface area contributed by atoms with Crippen molar-refractivity contribution in [2.75, 3.05) is 13.7 Å². The molecule has 1 N–H and O–H groups in total. The summed E-state index contributed by atoms with van der Waals surface area (Å²) in [4.78, 5) is 0. The molecule has 1 spiro atoms. The van der Waals surface area contributed by atoms with Crippen molar-refractivity contribution in [1.29, 1.82) is 0 Å². The molecule has 5 nitrogen and oxygen atoms in total. The quantitative estimate of drug-likeness (QED) is 0.776. The molecule has 6 unspecified atom stereocenters. The van der Waals surface area contributed by atoms with E-state index in [2.05, 4.69) is 13.5 Å². The molecule has 0 radical (unpaired) electrons. The Kier molecular flexibility index (Phi) is 4.13. The van der Waals surface area contributed by atoms with E-state index in [0.717, 1.165) is 42.6 Å². The first-order valence-corrected chi connectivity index (χ1v) is 9.74. The zero-order chi connectivity index (χ0) is 18.9. The lowest BCUT2D eigenvalue weighted by molar-refractivity contribution is -0.175. The van der Waals surface area contributed by atoms with Gasteiger partial charge in [0.15, 0.2) is 5.79 Å². The zero-order valence-corrected chi connectivity index (χ0v) is 16.6. The highest BCUT2D eigenvalue weighted by Crippen LogP contribution is 2.56. The molecule has 0 aromatic rings. The van der Waals surface area contributed by atoms with E-state index in [-0.39, 0.29) is 18.1 Å². The predicted molar refractivity (Wildman–Crippen MR) is 97.4 cm³/mol. The van der Waals surface area contributed by atoms with E-state index in [4.69, 9.17) is 18.9 Å². The van der Waals surface area contributed by atoms with Crippen molar-refractivity contribution in [2.45, 2.75) is 82.6 Å². The van der Waals surface area contributed by atoms with Crippen LogP contribution in [0.5, 0.6) is 0 Å². The number of allylic oxidation sites excluding steroid dienone is 1. The molecule has 0 amide bonds. The van der Waals surface area contributed by atoms with Gasteiger partial charge in [0.25, 0.3) is 0 Å². The van der Waals surface area contributed by atoms with Gasteiger partial charge in [0.05, 0.1) is 25.4 Å². The van der Waals surface area contributed by atoms with Crippen molar-refractivity contribution in [3.8, 4) is 0 Å². The fourth-order valence-corrected chi connectivity index (χ4v) is 5.71. The van der Waals surface area contributed by atoms with Crippen LogP contribution in [0, 0.1) is 11.8 Å². The summed E-state index contributed by atoms with van der Waals surface area (Å²) in [5.74, 6) is 0.629. The number of methoxy groups -OCH3 is 1. The van der Waals surface area contributed by atoms with Crippen LogP contribution in [0.15, 0.2) is 23.5 Å². The van der Waals surface area contributed by atoms with Crippen molar-refractivity contribution < 1.29 is 24.1 Å². The van der Waals surface area contributed by atoms with Crippen LogP contribution in [-0.4, -0.2) is 48.0 Å². The lowest BCUT2D eigenvalue weighted by Crippen LogP contribution is -2.58. The van der Waals surface area contributed by atoms with Crippen LogP contribution < -0.4 is 0 Å². The van der Waals surface area contributed by atoms with Crippen molar-refractivity contribution in [3.63, 3.8) is 0 Å². The number of hydrogen-bond donors (Lipinski definition) is 1. The van der Waals surface area contributed by atoms with Gasteiger partial charge in [0, 0.05) is 12.0 Å². The third-order valence-electron chi connectivity index (χ3n) is 6.92. The van der Waals surface area contributed by atoms with Crippen molar-refractivity contribution >= 4 is 0 Å². The van der Waals surface area contributed by atoms with Gasteiger partial charge < -0.3 is 24.1 Å². The van der Waals surface area contributed by atoms with E-state index < -0.39 is 17.0 Å². The van der Waals surface area contributed by atoms with E-state index in [1.807, 2.05) is 20.8 Å². The maximum atomic E-state index is 11.1. The Hall–Kier alpha value is -0.880. The highest BCUT2D eigenvalue weighted by atomic mass is 16.8. The summed E-state index contributed by atoms with van der Waals surface area (Å²) >= 11 is 0. The fourth-order valence-electron chi connectivity index (χ4n) is 5.71. The van der Waals surface area contributed by atoms with E-state index >= 15 is 0 Å². The highest BCUT2D eigenvalue weighted by Gasteiger charge is 2.64. The highest BCUT2D eigenvalue weighted by molar-refractivity contribution is 5.36. The molecule has 0 aromatic carbocycles. The Bertz CT molecular complexity index is 649. The molecule has 26 heavy (non-hydrogen) atoms. The molecule has 6 atom stereocenters. The van der Waals surface area contributed by atoms with Crippen molar-refractivity contribution in [2.24, 2.45) is 11.8 Å². The molecule has 3 aliphatic heterocycles. The molecule has 5 heteroatoms. The number of rotatable bonds is 4. The molecule has 3 heterocycles. The number of ether oxygens (including phenoxy) is 4. The van der Waals surface area contributed by atoms with Gasteiger partial charge in [-0.15, -0.1) is 0 Å². The van der Waals surface area contributed by atoms with E-state index in [1.54, 1.807) is 7.11 Å². The Balaban J connectivity index is 1.75. The Morgan fingerprint density at radius 2 is 2.08 bits per heavy atom. The first-order chi connectivity index (χ1) is 12.1. The molecular weight excluding hydrogens is 332 g/mol. The summed E-state index contributed by atoms with van der Waals surface area (Å²) in [6, 6.07) is 0. The van der Waals surface area contributed by atoms with Gasteiger partial charge in [0.2, 0.25) is 0 Å². The summed E-state index contributed by atoms with van der Waals surface area (Å²) in [5.41, 5.74) is 0.940. The molecule has 2 aliphatic carbocycles. The topological polar surface area (TPSA) is 57.2 Å². The van der Waals surface area contributed by atoms with E-state index in [1.165, 1.54) is 0 Å². The summed E-state index contributed by atoms with van der Waals surface area (Å²) in [6.45, 7) is 12.6. The molecule has 5 aliphatic rings.